The van der Waals surface area contributed by atoms with E-state index in [4.69, 9.17) is 0 Å². The summed E-state index contributed by atoms with van der Waals surface area (Å²) < 4.78 is 1.96. The van der Waals surface area contributed by atoms with Crippen molar-refractivity contribution in [1.82, 2.24) is 20.1 Å². The molecule has 132 valence electrons. The summed E-state index contributed by atoms with van der Waals surface area (Å²) in [7, 11) is 0. The van der Waals surface area contributed by atoms with Crippen molar-refractivity contribution in [3.05, 3.63) is 82.9 Å². The van der Waals surface area contributed by atoms with E-state index in [1.165, 1.54) is 5.56 Å². The van der Waals surface area contributed by atoms with E-state index in [-0.39, 0.29) is 11.9 Å². The average molecular weight is 346 g/mol. The lowest BCUT2D eigenvalue weighted by molar-refractivity contribution is 0.0941. The Kier molecular flexibility index (Phi) is 4.52. The molecule has 0 bridgehead atoms. The number of nitrogens with one attached hydrogen (secondary N) is 1. The van der Waals surface area contributed by atoms with Crippen molar-refractivity contribution in [1.29, 1.82) is 0 Å². The van der Waals surface area contributed by atoms with Gasteiger partial charge in [-0.25, -0.2) is 0 Å². The number of carbonyl (C=O) groups excluding carboxylic acids is 1. The van der Waals surface area contributed by atoms with Crippen LogP contribution in [0.3, 0.4) is 0 Å². The molecule has 1 atom stereocenters. The molecule has 0 saturated heterocycles. The van der Waals surface area contributed by atoms with E-state index in [1.54, 1.807) is 18.6 Å². The quantitative estimate of drug-likeness (QED) is 0.787. The van der Waals surface area contributed by atoms with Gasteiger partial charge in [-0.2, -0.15) is 5.10 Å². The molecule has 26 heavy (non-hydrogen) atoms. The molecule has 0 saturated carbocycles. The third kappa shape index (κ3) is 3.25. The van der Waals surface area contributed by atoms with Crippen LogP contribution in [0.15, 0.2) is 55.0 Å². The van der Waals surface area contributed by atoms with Gasteiger partial charge in [0, 0.05) is 18.9 Å². The van der Waals surface area contributed by atoms with Crippen LogP contribution in [0.2, 0.25) is 0 Å². The Hall–Kier alpha value is -2.95. The Morgan fingerprint density at radius 3 is 2.58 bits per heavy atom. The highest BCUT2D eigenvalue weighted by molar-refractivity contribution is 5.95. The predicted molar refractivity (Wildman–Crippen MR) is 99.9 cm³/mol. The van der Waals surface area contributed by atoms with Crippen LogP contribution in [0.5, 0.6) is 0 Å². The standard InChI is InChI=1S/C21H22N4O/c1-15-5-7-16(8-6-15)20(17-9-11-22-12-10-17)24-21(26)18-14-23-25-13-3-2-4-19(18)25/h5-12,14,20H,2-4,13H2,1H3,(H,24,26)/t20-/m1/s1. The van der Waals surface area contributed by atoms with Crippen molar-refractivity contribution < 1.29 is 4.79 Å². The largest absolute Gasteiger partial charge is 0.341 e. The van der Waals surface area contributed by atoms with Crippen LogP contribution < -0.4 is 5.32 Å². The molecule has 1 aliphatic heterocycles. The van der Waals surface area contributed by atoms with Gasteiger partial charge in [0.1, 0.15) is 0 Å². The van der Waals surface area contributed by atoms with Crippen LogP contribution in [0.4, 0.5) is 0 Å². The third-order valence-corrected chi connectivity index (χ3v) is 4.95. The highest BCUT2D eigenvalue weighted by Crippen LogP contribution is 2.24. The number of fused-ring (bicyclic) bond motifs is 1. The first kappa shape index (κ1) is 16.5. The van der Waals surface area contributed by atoms with E-state index in [0.29, 0.717) is 5.56 Å². The van der Waals surface area contributed by atoms with Crippen LogP contribution in [-0.2, 0) is 13.0 Å². The second-order valence-electron chi connectivity index (χ2n) is 6.78. The molecular formula is C21H22N4O. The fourth-order valence-electron chi connectivity index (χ4n) is 3.49. The second-order valence-corrected chi connectivity index (χ2v) is 6.78. The zero-order valence-electron chi connectivity index (χ0n) is 14.9. The third-order valence-electron chi connectivity index (χ3n) is 4.95. The minimum atomic E-state index is -0.217. The van der Waals surface area contributed by atoms with Crippen molar-refractivity contribution >= 4 is 5.91 Å². The molecule has 5 heteroatoms. The fraction of sp³-hybridized carbons (Fsp3) is 0.286. The van der Waals surface area contributed by atoms with Gasteiger partial charge in [-0.05, 0) is 49.4 Å². The summed E-state index contributed by atoms with van der Waals surface area (Å²) in [5.74, 6) is -0.0736. The molecule has 1 aromatic carbocycles. The highest BCUT2D eigenvalue weighted by Gasteiger charge is 2.23. The number of aromatic nitrogens is 3. The van der Waals surface area contributed by atoms with E-state index >= 15 is 0 Å². The topological polar surface area (TPSA) is 59.8 Å². The van der Waals surface area contributed by atoms with E-state index in [2.05, 4.69) is 46.6 Å². The molecule has 5 nitrogen and oxygen atoms in total. The second kappa shape index (κ2) is 7.12. The molecule has 2 aromatic heterocycles. The van der Waals surface area contributed by atoms with Crippen molar-refractivity contribution in [2.75, 3.05) is 0 Å². The maximum Gasteiger partial charge on any atom is 0.255 e. The molecule has 1 N–H and O–H groups in total. The summed E-state index contributed by atoms with van der Waals surface area (Å²) in [5, 5.41) is 7.59. The lowest BCUT2D eigenvalue weighted by Crippen LogP contribution is -2.30. The number of benzene rings is 1. The van der Waals surface area contributed by atoms with Gasteiger partial charge >= 0.3 is 0 Å². The van der Waals surface area contributed by atoms with Crippen LogP contribution in [-0.4, -0.2) is 20.7 Å². The molecule has 0 spiro atoms. The maximum absolute atomic E-state index is 13.0. The summed E-state index contributed by atoms with van der Waals surface area (Å²) in [6.07, 6.45) is 8.35. The number of aryl methyl sites for hydroxylation is 2. The molecule has 3 aromatic rings. The first-order chi connectivity index (χ1) is 12.7. The monoisotopic (exact) mass is 346 g/mol. The Bertz CT molecular complexity index is 900. The predicted octanol–water partition coefficient (Wildman–Crippen LogP) is 3.44. The van der Waals surface area contributed by atoms with Gasteiger partial charge in [-0.1, -0.05) is 29.8 Å². The van der Waals surface area contributed by atoms with Gasteiger partial charge in [0.25, 0.3) is 5.91 Å². The van der Waals surface area contributed by atoms with Gasteiger partial charge in [0.15, 0.2) is 0 Å². The first-order valence-corrected chi connectivity index (χ1v) is 9.04. The summed E-state index contributed by atoms with van der Waals surface area (Å²) in [4.78, 5) is 17.1. The average Bonchev–Trinajstić information content (AvgIpc) is 3.12. The van der Waals surface area contributed by atoms with E-state index in [9.17, 15) is 4.79 Å². The number of carbonyl (C=O) groups is 1. The van der Waals surface area contributed by atoms with Crippen molar-refractivity contribution in [2.24, 2.45) is 0 Å². The van der Waals surface area contributed by atoms with E-state index in [1.807, 2.05) is 16.8 Å². The number of pyridine rings is 1. The van der Waals surface area contributed by atoms with E-state index < -0.39 is 0 Å². The molecule has 0 fully saturated rings. The van der Waals surface area contributed by atoms with Gasteiger partial charge in [-0.15, -0.1) is 0 Å². The van der Waals surface area contributed by atoms with Crippen LogP contribution in [0.1, 0.15) is 51.6 Å². The summed E-state index contributed by atoms with van der Waals surface area (Å²) in [6, 6.07) is 11.9. The Morgan fingerprint density at radius 1 is 1.08 bits per heavy atom. The van der Waals surface area contributed by atoms with E-state index in [0.717, 1.165) is 42.6 Å². The lowest BCUT2D eigenvalue weighted by atomic mass is 9.98. The van der Waals surface area contributed by atoms with Gasteiger partial charge in [0.05, 0.1) is 23.5 Å². The fourth-order valence-corrected chi connectivity index (χ4v) is 3.49. The number of nitrogens with zero attached hydrogens (tertiary/aromatic N) is 3. The summed E-state index contributed by atoms with van der Waals surface area (Å²) in [6.45, 7) is 2.96. The first-order valence-electron chi connectivity index (χ1n) is 9.04. The van der Waals surface area contributed by atoms with Gasteiger partial charge < -0.3 is 5.32 Å². The number of amides is 1. The zero-order chi connectivity index (χ0) is 17.9. The molecule has 4 rings (SSSR count). The van der Waals surface area contributed by atoms with Crippen molar-refractivity contribution in [3.63, 3.8) is 0 Å². The van der Waals surface area contributed by atoms with Crippen molar-refractivity contribution in [2.45, 2.75) is 38.8 Å². The van der Waals surface area contributed by atoms with Crippen LogP contribution in [0, 0.1) is 6.92 Å². The molecular weight excluding hydrogens is 324 g/mol. The summed E-state index contributed by atoms with van der Waals surface area (Å²) in [5.41, 5.74) is 5.00. The van der Waals surface area contributed by atoms with Gasteiger partial charge in [0.2, 0.25) is 0 Å². The smallest absolute Gasteiger partial charge is 0.255 e. The highest BCUT2D eigenvalue weighted by atomic mass is 16.1. The van der Waals surface area contributed by atoms with Gasteiger partial charge in [-0.3, -0.25) is 14.5 Å². The number of hydrogen-bond donors (Lipinski definition) is 1. The summed E-state index contributed by atoms with van der Waals surface area (Å²) >= 11 is 0. The molecule has 0 radical (unpaired) electrons. The minimum absolute atomic E-state index is 0.0736. The lowest BCUT2D eigenvalue weighted by Gasteiger charge is -2.21. The SMILES string of the molecule is Cc1ccc([C@@H](NC(=O)c2cnn3c2CCCC3)c2ccncc2)cc1. The Labute approximate surface area is 153 Å². The Balaban J connectivity index is 1.65. The molecule has 1 aliphatic rings. The molecule has 0 unspecified atom stereocenters. The minimum Gasteiger partial charge on any atom is -0.341 e. The normalized spacial score (nSPS) is 14.5. The van der Waals surface area contributed by atoms with Crippen molar-refractivity contribution in [3.8, 4) is 0 Å². The Morgan fingerprint density at radius 2 is 1.81 bits per heavy atom. The van der Waals surface area contributed by atoms with Crippen LogP contribution >= 0.6 is 0 Å². The number of hydrogen-bond acceptors (Lipinski definition) is 3. The number of rotatable bonds is 4. The van der Waals surface area contributed by atoms with Crippen LogP contribution in [0.25, 0.3) is 0 Å². The molecule has 1 amide bonds. The zero-order valence-corrected chi connectivity index (χ0v) is 14.9. The maximum atomic E-state index is 13.0. The molecule has 3 heterocycles. The molecule has 0 aliphatic carbocycles.